The van der Waals surface area contributed by atoms with Crippen LogP contribution in [0, 0.1) is 23.7 Å². The van der Waals surface area contributed by atoms with Crippen LogP contribution in [-0.4, -0.2) is 61.7 Å². The fourth-order valence-corrected chi connectivity index (χ4v) is 9.42. The Labute approximate surface area is 286 Å². The second-order valence-corrected chi connectivity index (χ2v) is 14.0. The van der Waals surface area contributed by atoms with Crippen LogP contribution in [0.1, 0.15) is 76.8 Å². The lowest BCUT2D eigenvalue weighted by atomic mass is 9.54. The summed E-state index contributed by atoms with van der Waals surface area (Å²) in [6.07, 6.45) is 6.91. The number of carbonyl (C=O) groups excluding carboxylic acids is 1. The number of hydrogen-bond donors (Lipinski definition) is 0. The first-order valence-electron chi connectivity index (χ1n) is 16.9. The van der Waals surface area contributed by atoms with Gasteiger partial charge >= 0.3 is 7.60 Å². The van der Waals surface area contributed by atoms with Gasteiger partial charge in [0.15, 0.2) is 5.85 Å². The minimum atomic E-state index is -3.46. The van der Waals surface area contributed by atoms with Crippen molar-refractivity contribution in [3.05, 3.63) is 53.1 Å². The molecule has 2 aromatic rings. The Balaban J connectivity index is 0.000000249. The van der Waals surface area contributed by atoms with Crippen molar-refractivity contribution in [2.24, 2.45) is 23.7 Å². The number of allylic oxidation sites excluding steroid dienone is 1. The predicted octanol–water partition coefficient (Wildman–Crippen LogP) is 8.73. The standard InChI is InChI=1S/C21H28O3.C15H25O6P.CH2O/c1-4-24-21(17-10-18(22-2)12-19(11-17)23-3)20-15-6-13-5-14(8-15)9-16(20)7-13;1-6-19-15(22(16,20-7-2)21-8-3)12-9-13(17-4)11-14(10-12)18-5;1-2/h10-16H,4-9H2,1-3H3;9-11,15H,6-8H2,1-5H3;1H2. The van der Waals surface area contributed by atoms with Crippen molar-refractivity contribution in [1.82, 2.24) is 0 Å². The second kappa shape index (κ2) is 19.2. The number of carbonyl (C=O) groups is 1. The molecule has 268 valence electrons. The molecule has 0 spiro atoms. The van der Waals surface area contributed by atoms with Crippen LogP contribution in [0.3, 0.4) is 0 Å². The van der Waals surface area contributed by atoms with Crippen LogP contribution in [0.15, 0.2) is 42.0 Å². The van der Waals surface area contributed by atoms with Gasteiger partial charge in [-0.25, -0.2) is 0 Å². The van der Waals surface area contributed by atoms with Crippen molar-refractivity contribution in [2.75, 3.05) is 54.9 Å². The average molecular weight is 691 g/mol. The summed E-state index contributed by atoms with van der Waals surface area (Å²) in [5.74, 6) is 6.44. The van der Waals surface area contributed by atoms with E-state index in [-0.39, 0.29) is 13.2 Å². The van der Waals surface area contributed by atoms with Crippen LogP contribution in [0.5, 0.6) is 23.0 Å². The summed E-state index contributed by atoms with van der Waals surface area (Å²) in [5.41, 5.74) is 3.32. The van der Waals surface area contributed by atoms with Crippen molar-refractivity contribution >= 4 is 20.1 Å². The lowest BCUT2D eigenvalue weighted by Crippen LogP contribution is -2.41. The highest BCUT2D eigenvalue weighted by Gasteiger charge is 2.47. The summed E-state index contributed by atoms with van der Waals surface area (Å²) in [6.45, 7) is 11.0. The summed E-state index contributed by atoms with van der Waals surface area (Å²) >= 11 is 0. The zero-order valence-electron chi connectivity index (χ0n) is 30.0. The third kappa shape index (κ3) is 9.56. The molecule has 10 nitrogen and oxygen atoms in total. The van der Waals surface area contributed by atoms with Crippen LogP contribution in [0.2, 0.25) is 0 Å². The normalized spacial score (nSPS) is 21.2. The predicted molar refractivity (Wildman–Crippen MR) is 187 cm³/mol. The Morgan fingerprint density at radius 3 is 1.48 bits per heavy atom. The van der Waals surface area contributed by atoms with Crippen LogP contribution >= 0.6 is 7.60 Å². The van der Waals surface area contributed by atoms with Crippen LogP contribution in [-0.2, 0) is 27.9 Å². The fraction of sp³-hybridized carbons (Fsp3) is 0.595. The highest BCUT2D eigenvalue weighted by Crippen LogP contribution is 2.62. The molecule has 4 aliphatic carbocycles. The van der Waals surface area contributed by atoms with E-state index >= 15 is 0 Å². The van der Waals surface area contributed by atoms with E-state index in [1.165, 1.54) is 32.1 Å². The third-order valence-corrected chi connectivity index (χ3v) is 11.3. The van der Waals surface area contributed by atoms with Crippen molar-refractivity contribution in [1.29, 1.82) is 0 Å². The highest BCUT2D eigenvalue weighted by atomic mass is 31.2. The van der Waals surface area contributed by atoms with Crippen LogP contribution in [0.25, 0.3) is 5.76 Å². The van der Waals surface area contributed by atoms with E-state index in [9.17, 15) is 4.57 Å². The molecule has 1 unspecified atom stereocenters. The zero-order valence-corrected chi connectivity index (χ0v) is 30.8. The fourth-order valence-electron chi connectivity index (χ4n) is 7.51. The maximum Gasteiger partial charge on any atom is 0.363 e. The summed E-state index contributed by atoms with van der Waals surface area (Å²) in [7, 11) is 3.05. The van der Waals surface area contributed by atoms with Gasteiger partial charge in [-0.05, 0) is 113 Å². The van der Waals surface area contributed by atoms with Crippen molar-refractivity contribution in [3.8, 4) is 23.0 Å². The Hall–Kier alpha value is -3.04. The number of ether oxygens (including phenoxy) is 6. The molecular weight excluding hydrogens is 635 g/mol. The number of hydrogen-bond acceptors (Lipinski definition) is 10. The van der Waals surface area contributed by atoms with Gasteiger partial charge in [0.05, 0.1) is 48.3 Å². The van der Waals surface area contributed by atoms with Gasteiger partial charge in [0.25, 0.3) is 0 Å². The molecular formula is C37H55O10P. The molecule has 6 rings (SSSR count). The Morgan fingerprint density at radius 2 is 1.10 bits per heavy atom. The lowest BCUT2D eigenvalue weighted by molar-refractivity contribution is -0.0980. The summed E-state index contributed by atoms with van der Waals surface area (Å²) in [5, 5.41) is 0. The van der Waals surface area contributed by atoms with Crippen LogP contribution < -0.4 is 18.9 Å². The Bertz CT molecular complexity index is 1290. The Morgan fingerprint density at radius 1 is 0.667 bits per heavy atom. The largest absolute Gasteiger partial charge is 0.497 e. The topological polar surface area (TPSA) is 108 Å². The van der Waals surface area contributed by atoms with Crippen molar-refractivity contribution < 1.29 is 46.8 Å². The molecule has 4 aliphatic rings. The smallest absolute Gasteiger partial charge is 0.363 e. The molecule has 0 N–H and O–H groups in total. The molecule has 0 saturated heterocycles. The molecule has 0 aliphatic heterocycles. The average Bonchev–Trinajstić information content (AvgIpc) is 3.10. The second-order valence-electron chi connectivity index (χ2n) is 12.0. The number of methoxy groups -OCH3 is 4. The molecule has 4 fully saturated rings. The van der Waals surface area contributed by atoms with Gasteiger partial charge in [-0.2, -0.15) is 0 Å². The molecule has 4 bridgehead atoms. The first-order valence-corrected chi connectivity index (χ1v) is 18.5. The van der Waals surface area contributed by atoms with Gasteiger partial charge in [-0.3, -0.25) is 4.57 Å². The zero-order chi connectivity index (χ0) is 35.3. The maximum atomic E-state index is 13.1. The molecule has 0 heterocycles. The molecule has 48 heavy (non-hydrogen) atoms. The van der Waals surface area contributed by atoms with E-state index in [4.69, 9.17) is 42.3 Å². The van der Waals surface area contributed by atoms with Gasteiger partial charge in [-0.1, -0.05) is 0 Å². The van der Waals surface area contributed by atoms with Crippen molar-refractivity contribution in [3.63, 3.8) is 0 Å². The molecule has 0 aromatic heterocycles. The molecule has 0 radical (unpaired) electrons. The molecule has 11 heteroatoms. The summed E-state index contributed by atoms with van der Waals surface area (Å²) in [4.78, 5) is 8.00. The molecule has 0 amide bonds. The van der Waals surface area contributed by atoms with E-state index in [2.05, 4.69) is 19.1 Å². The van der Waals surface area contributed by atoms with Gasteiger partial charge < -0.3 is 42.3 Å². The molecule has 2 aromatic carbocycles. The first-order chi connectivity index (χ1) is 23.3. The van der Waals surface area contributed by atoms with E-state index in [0.717, 1.165) is 46.5 Å². The van der Waals surface area contributed by atoms with E-state index < -0.39 is 13.4 Å². The summed E-state index contributed by atoms with van der Waals surface area (Å²) < 4.78 is 57.2. The van der Waals surface area contributed by atoms with Crippen molar-refractivity contribution in [2.45, 2.75) is 65.6 Å². The maximum absolute atomic E-state index is 13.1. The van der Waals surface area contributed by atoms with Gasteiger partial charge in [0.1, 0.15) is 35.5 Å². The SMILES string of the molecule is C=O.CCOC(=C1C2CC3CC(C2)CC1C3)c1cc(OC)cc(OC)c1.CCOC(c1cc(OC)cc(OC)c1)P(=O)(OCC)OCC. The highest BCUT2D eigenvalue weighted by molar-refractivity contribution is 7.54. The van der Waals surface area contributed by atoms with Gasteiger partial charge in [-0.15, -0.1) is 0 Å². The van der Waals surface area contributed by atoms with Crippen LogP contribution in [0.4, 0.5) is 0 Å². The van der Waals surface area contributed by atoms with Gasteiger partial charge in [0.2, 0.25) is 0 Å². The van der Waals surface area contributed by atoms with E-state index in [1.807, 2.05) is 19.8 Å². The number of benzene rings is 2. The molecule has 1 atom stereocenters. The number of rotatable bonds is 15. The van der Waals surface area contributed by atoms with Gasteiger partial charge in [0, 0.05) is 29.9 Å². The Kier molecular flexibility index (Phi) is 15.8. The minimum absolute atomic E-state index is 0.266. The lowest BCUT2D eigenvalue weighted by Gasteiger charge is -2.51. The minimum Gasteiger partial charge on any atom is -0.497 e. The monoisotopic (exact) mass is 690 g/mol. The third-order valence-electron chi connectivity index (χ3n) is 9.07. The quantitative estimate of drug-likeness (QED) is 0.133. The van der Waals surface area contributed by atoms with E-state index in [0.29, 0.717) is 30.3 Å². The van der Waals surface area contributed by atoms with E-state index in [1.54, 1.807) is 66.1 Å². The first kappa shape index (κ1) is 39.4. The summed E-state index contributed by atoms with van der Waals surface area (Å²) in [6, 6.07) is 11.3. The molecule has 4 saturated carbocycles.